The summed E-state index contributed by atoms with van der Waals surface area (Å²) in [5.41, 5.74) is 4.26. The van der Waals surface area contributed by atoms with Gasteiger partial charge in [0.1, 0.15) is 0 Å². The van der Waals surface area contributed by atoms with Crippen molar-refractivity contribution in [3.63, 3.8) is 0 Å². The summed E-state index contributed by atoms with van der Waals surface area (Å²) in [4.78, 5) is 0. The van der Waals surface area contributed by atoms with E-state index >= 15 is 0 Å². The maximum Gasteiger partial charge on any atom is 0 e. The minimum atomic E-state index is 0. The molecule has 0 aliphatic carbocycles. The van der Waals surface area contributed by atoms with Crippen LogP contribution in [-0.4, -0.2) is 0 Å². The van der Waals surface area contributed by atoms with Gasteiger partial charge in [0.2, 0.25) is 0 Å². The molecule has 0 nitrogen and oxygen atoms in total. The standard InChI is InChI=1S/C14H24.Y/c1-9-12(6)13(10(2)3)14(7,8)11(4)5;/h1-8H3;/q-2;. The van der Waals surface area contributed by atoms with Gasteiger partial charge in [-0.1, -0.05) is 34.6 Å². The Labute approximate surface area is 121 Å². The molecule has 0 aliphatic rings. The molecule has 0 amide bonds. The van der Waals surface area contributed by atoms with Crippen LogP contribution in [0.2, 0.25) is 0 Å². The first-order valence-electron chi connectivity index (χ1n) is 5.25. The Balaban J connectivity index is 0. The van der Waals surface area contributed by atoms with Crippen LogP contribution < -0.4 is 0 Å². The van der Waals surface area contributed by atoms with E-state index in [0.29, 0.717) is 0 Å². The molecular formula is C14H24Y-2. The zero-order valence-corrected chi connectivity index (χ0v) is 14.4. The van der Waals surface area contributed by atoms with Crippen LogP contribution >= 0.6 is 0 Å². The molecule has 0 fully saturated rings. The normalized spacial score (nSPS) is 12.5. The van der Waals surface area contributed by atoms with E-state index in [9.17, 15) is 0 Å². The third kappa shape index (κ3) is 4.53. The Morgan fingerprint density at radius 3 is 1.67 bits per heavy atom. The number of hydrogen-bond acceptors (Lipinski definition) is 0. The Kier molecular flexibility index (Phi) is 8.40. The number of hydrogen-bond donors (Lipinski definition) is 0. The summed E-state index contributed by atoms with van der Waals surface area (Å²) in [5.74, 6) is 1.45. The number of rotatable bonds is 3. The molecule has 0 saturated heterocycles. The predicted molar refractivity (Wildman–Crippen MR) is 64.9 cm³/mol. The van der Waals surface area contributed by atoms with Crippen LogP contribution in [0.1, 0.15) is 55.4 Å². The summed E-state index contributed by atoms with van der Waals surface area (Å²) in [7, 11) is 0. The van der Waals surface area contributed by atoms with E-state index in [0.717, 1.165) is 0 Å². The van der Waals surface area contributed by atoms with Gasteiger partial charge in [-0.05, 0) is 0 Å². The zero-order valence-electron chi connectivity index (χ0n) is 11.6. The van der Waals surface area contributed by atoms with E-state index in [-0.39, 0.29) is 38.1 Å². The fourth-order valence-corrected chi connectivity index (χ4v) is 1.84. The first-order chi connectivity index (χ1) is 6.25. The average Bonchev–Trinajstić information content (AvgIpc) is 2.02. The van der Waals surface area contributed by atoms with Gasteiger partial charge in [-0.15, -0.1) is 6.92 Å². The van der Waals surface area contributed by atoms with E-state index in [4.69, 9.17) is 0 Å². The van der Waals surface area contributed by atoms with Crippen LogP contribution in [0, 0.1) is 17.4 Å². The third-order valence-electron chi connectivity index (χ3n) is 3.12. The van der Waals surface area contributed by atoms with E-state index < -0.39 is 0 Å². The molecule has 15 heavy (non-hydrogen) atoms. The maximum absolute atomic E-state index is 3.25. The van der Waals surface area contributed by atoms with Crippen LogP contribution in [0.4, 0.5) is 0 Å². The van der Waals surface area contributed by atoms with Crippen LogP contribution in [0.5, 0.6) is 0 Å². The molecule has 0 saturated carbocycles. The second kappa shape index (κ2) is 7.02. The average molecular weight is 281 g/mol. The van der Waals surface area contributed by atoms with Crippen LogP contribution in [-0.2, 0) is 32.7 Å². The molecule has 0 rings (SSSR count). The van der Waals surface area contributed by atoms with Crippen molar-refractivity contribution in [1.29, 1.82) is 0 Å². The SMILES string of the molecule is C[C-]=C(C)C(=C(C)C)C(C)(C)[C-](C)C.[Y]. The maximum atomic E-state index is 3.25. The van der Waals surface area contributed by atoms with Crippen LogP contribution in [0.25, 0.3) is 0 Å². The van der Waals surface area contributed by atoms with Gasteiger partial charge in [-0.25, -0.2) is 16.6 Å². The molecule has 0 heterocycles. The Bertz CT molecular complexity index is 251. The number of allylic oxidation sites excluding steroid dienone is 4. The van der Waals surface area contributed by atoms with Crippen molar-refractivity contribution < 1.29 is 32.7 Å². The molecule has 0 unspecified atom stereocenters. The molecule has 0 bridgehead atoms. The van der Waals surface area contributed by atoms with E-state index in [1.165, 1.54) is 22.6 Å². The predicted octanol–water partition coefficient (Wildman–Crippen LogP) is 4.73. The summed E-state index contributed by atoms with van der Waals surface area (Å²) in [6, 6.07) is 0. The molecule has 0 aromatic heterocycles. The first kappa shape index (κ1) is 18.0. The first-order valence-corrected chi connectivity index (χ1v) is 5.25. The second-order valence-corrected chi connectivity index (χ2v) is 4.88. The topological polar surface area (TPSA) is 0 Å². The van der Waals surface area contributed by atoms with Crippen molar-refractivity contribution in [1.82, 2.24) is 0 Å². The van der Waals surface area contributed by atoms with Crippen molar-refractivity contribution in [3.8, 4) is 0 Å². The molecule has 1 heteroatoms. The minimum absolute atomic E-state index is 0. The molecule has 0 aromatic rings. The van der Waals surface area contributed by atoms with E-state index in [1.807, 2.05) is 6.92 Å². The Hall–Kier alpha value is 0.584. The minimum Gasteiger partial charge on any atom is -0.326 e. The fraction of sp³-hybridized carbons (Fsp3) is 0.643. The van der Waals surface area contributed by atoms with Gasteiger partial charge in [0, 0.05) is 32.7 Å². The zero-order chi connectivity index (χ0) is 11.5. The molecule has 0 N–H and O–H groups in total. The summed E-state index contributed by atoms with van der Waals surface area (Å²) < 4.78 is 0. The van der Waals surface area contributed by atoms with Gasteiger partial charge in [0.05, 0.1) is 0 Å². The fourth-order valence-electron chi connectivity index (χ4n) is 1.84. The van der Waals surface area contributed by atoms with Crippen molar-refractivity contribution in [3.05, 3.63) is 28.7 Å². The Morgan fingerprint density at radius 1 is 1.07 bits per heavy atom. The molecule has 0 spiro atoms. The van der Waals surface area contributed by atoms with E-state index in [1.54, 1.807) is 0 Å². The molecule has 1 radical (unpaired) electrons. The van der Waals surface area contributed by atoms with E-state index in [2.05, 4.69) is 54.5 Å². The summed E-state index contributed by atoms with van der Waals surface area (Å²) in [6.07, 6.45) is 3.25. The van der Waals surface area contributed by atoms with Crippen LogP contribution in [0.15, 0.2) is 16.7 Å². The molecular weight excluding hydrogens is 257 g/mol. The molecule has 0 atom stereocenters. The van der Waals surface area contributed by atoms with Gasteiger partial charge in [-0.3, -0.25) is 6.08 Å². The summed E-state index contributed by atoms with van der Waals surface area (Å²) in [5, 5.41) is 0. The van der Waals surface area contributed by atoms with Crippen LogP contribution in [0.3, 0.4) is 0 Å². The van der Waals surface area contributed by atoms with Crippen molar-refractivity contribution >= 4 is 0 Å². The summed E-state index contributed by atoms with van der Waals surface area (Å²) in [6.45, 7) is 17.5. The molecule has 85 valence electrons. The van der Waals surface area contributed by atoms with Crippen molar-refractivity contribution in [2.75, 3.05) is 0 Å². The van der Waals surface area contributed by atoms with Crippen molar-refractivity contribution in [2.45, 2.75) is 55.4 Å². The quantitative estimate of drug-likeness (QED) is 0.518. The molecule has 0 aromatic carbocycles. The van der Waals surface area contributed by atoms with Gasteiger partial charge >= 0.3 is 0 Å². The van der Waals surface area contributed by atoms with Gasteiger partial charge in [0.25, 0.3) is 0 Å². The van der Waals surface area contributed by atoms with Crippen molar-refractivity contribution in [2.24, 2.45) is 5.41 Å². The Morgan fingerprint density at radius 2 is 1.47 bits per heavy atom. The second-order valence-electron chi connectivity index (χ2n) is 4.88. The monoisotopic (exact) mass is 281 g/mol. The van der Waals surface area contributed by atoms with Gasteiger partial charge in [0.15, 0.2) is 0 Å². The summed E-state index contributed by atoms with van der Waals surface area (Å²) >= 11 is 0. The van der Waals surface area contributed by atoms with Gasteiger partial charge in [-0.2, -0.15) is 19.4 Å². The van der Waals surface area contributed by atoms with Gasteiger partial charge < -0.3 is 5.92 Å². The molecule has 0 aliphatic heterocycles. The third-order valence-corrected chi connectivity index (χ3v) is 3.12. The largest absolute Gasteiger partial charge is 0.326 e. The smallest absolute Gasteiger partial charge is 0 e.